The first-order chi connectivity index (χ1) is 11.1. The average molecular weight is 321 g/mol. The quantitative estimate of drug-likeness (QED) is 0.646. The van der Waals surface area contributed by atoms with Crippen LogP contribution in [-0.2, 0) is 6.54 Å². The lowest BCUT2D eigenvalue weighted by atomic mass is 10.1. The Hall–Kier alpha value is -2.39. The van der Waals surface area contributed by atoms with Gasteiger partial charge >= 0.3 is 0 Å². The van der Waals surface area contributed by atoms with Crippen LogP contribution in [0.5, 0.6) is 0 Å². The van der Waals surface area contributed by atoms with Crippen LogP contribution >= 0.6 is 11.3 Å². The van der Waals surface area contributed by atoms with Gasteiger partial charge in [-0.1, -0.05) is 41.5 Å². The first-order valence-corrected chi connectivity index (χ1v) is 8.49. The molecule has 0 aliphatic carbocycles. The summed E-state index contributed by atoms with van der Waals surface area (Å²) in [6, 6.07) is 19.9. The smallest absolute Gasteiger partial charge is 0.258 e. The number of carbonyl (C=O) groups is 1. The van der Waals surface area contributed by atoms with Crippen molar-refractivity contribution >= 4 is 22.9 Å². The van der Waals surface area contributed by atoms with E-state index in [9.17, 15) is 4.79 Å². The first-order valence-electron chi connectivity index (χ1n) is 7.61. The molecule has 2 nitrogen and oxygen atoms in total. The molecule has 0 spiro atoms. The van der Waals surface area contributed by atoms with Gasteiger partial charge in [-0.15, -0.1) is 11.3 Å². The molecule has 0 bridgehead atoms. The molecule has 3 rings (SSSR count). The van der Waals surface area contributed by atoms with Crippen molar-refractivity contribution in [1.29, 1.82) is 0 Å². The predicted molar refractivity (Wildman–Crippen MR) is 97.2 cm³/mol. The maximum Gasteiger partial charge on any atom is 0.258 e. The maximum atomic E-state index is 13.0. The van der Waals surface area contributed by atoms with Gasteiger partial charge in [-0.05, 0) is 49.6 Å². The van der Waals surface area contributed by atoms with Crippen LogP contribution < -0.4 is 4.90 Å². The SMILES string of the molecule is Cc1ccc(C(=O)N(Cc2cccs2)c2ccc(C)cc2)cc1. The Kier molecular flexibility index (Phi) is 4.58. The monoisotopic (exact) mass is 321 g/mol. The van der Waals surface area contributed by atoms with Gasteiger partial charge < -0.3 is 4.90 Å². The fourth-order valence-electron chi connectivity index (χ4n) is 2.42. The molecule has 3 heteroatoms. The van der Waals surface area contributed by atoms with E-state index >= 15 is 0 Å². The van der Waals surface area contributed by atoms with Gasteiger partial charge in [0.25, 0.3) is 5.91 Å². The second-order valence-corrected chi connectivity index (χ2v) is 6.70. The summed E-state index contributed by atoms with van der Waals surface area (Å²) < 4.78 is 0. The standard InChI is InChI=1S/C20H19NOS/c1-15-5-9-17(10-6-15)20(22)21(14-19-4-3-13-23-19)18-11-7-16(2)8-12-18/h3-13H,14H2,1-2H3. The number of rotatable bonds is 4. The summed E-state index contributed by atoms with van der Waals surface area (Å²) in [5, 5.41) is 2.04. The number of nitrogens with zero attached hydrogens (tertiary/aromatic N) is 1. The Bertz CT molecular complexity index is 774. The van der Waals surface area contributed by atoms with Crippen LogP contribution in [-0.4, -0.2) is 5.91 Å². The zero-order valence-electron chi connectivity index (χ0n) is 13.3. The highest BCUT2D eigenvalue weighted by atomic mass is 32.1. The fraction of sp³-hybridized carbons (Fsp3) is 0.150. The van der Waals surface area contributed by atoms with Gasteiger partial charge in [0.2, 0.25) is 0 Å². The van der Waals surface area contributed by atoms with Gasteiger partial charge in [-0.25, -0.2) is 0 Å². The maximum absolute atomic E-state index is 13.0. The number of thiophene rings is 1. The molecule has 1 aromatic heterocycles. The molecule has 0 aliphatic rings. The lowest BCUT2D eigenvalue weighted by Gasteiger charge is -2.23. The molecule has 116 valence electrons. The van der Waals surface area contributed by atoms with Crippen molar-refractivity contribution in [1.82, 2.24) is 0 Å². The van der Waals surface area contributed by atoms with Crippen molar-refractivity contribution in [3.05, 3.63) is 87.6 Å². The molecule has 23 heavy (non-hydrogen) atoms. The van der Waals surface area contributed by atoms with E-state index in [2.05, 4.69) is 13.0 Å². The Morgan fingerprint density at radius 3 is 2.09 bits per heavy atom. The van der Waals surface area contributed by atoms with Gasteiger partial charge in [-0.2, -0.15) is 0 Å². The van der Waals surface area contributed by atoms with E-state index in [1.54, 1.807) is 11.3 Å². The van der Waals surface area contributed by atoms with E-state index in [0.717, 1.165) is 11.3 Å². The third-order valence-corrected chi connectivity index (χ3v) is 4.64. The molecule has 3 aromatic rings. The number of hydrogen-bond donors (Lipinski definition) is 0. The Morgan fingerprint density at radius 2 is 1.52 bits per heavy atom. The van der Waals surface area contributed by atoms with Crippen molar-refractivity contribution in [3.8, 4) is 0 Å². The highest BCUT2D eigenvalue weighted by Gasteiger charge is 2.18. The van der Waals surface area contributed by atoms with Crippen LogP contribution in [0, 0.1) is 13.8 Å². The Labute approximate surface area is 141 Å². The molecule has 0 aliphatic heterocycles. The van der Waals surface area contributed by atoms with Crippen LogP contribution in [0.15, 0.2) is 66.0 Å². The van der Waals surface area contributed by atoms with E-state index < -0.39 is 0 Å². The zero-order valence-corrected chi connectivity index (χ0v) is 14.1. The minimum absolute atomic E-state index is 0.0299. The molecule has 0 saturated heterocycles. The van der Waals surface area contributed by atoms with Gasteiger partial charge in [0, 0.05) is 16.1 Å². The lowest BCUT2D eigenvalue weighted by Crippen LogP contribution is -2.30. The highest BCUT2D eigenvalue weighted by molar-refractivity contribution is 7.09. The van der Waals surface area contributed by atoms with Gasteiger partial charge in [0.05, 0.1) is 6.54 Å². The van der Waals surface area contributed by atoms with Crippen molar-refractivity contribution in [3.63, 3.8) is 0 Å². The molecule has 1 amide bonds. The predicted octanol–water partition coefficient (Wildman–Crippen LogP) is 5.21. The van der Waals surface area contributed by atoms with E-state index in [4.69, 9.17) is 0 Å². The summed E-state index contributed by atoms with van der Waals surface area (Å²) >= 11 is 1.67. The Balaban J connectivity index is 1.95. The lowest BCUT2D eigenvalue weighted by molar-refractivity contribution is 0.0985. The number of hydrogen-bond acceptors (Lipinski definition) is 2. The van der Waals surface area contributed by atoms with Crippen LogP contribution in [0.1, 0.15) is 26.4 Å². The largest absolute Gasteiger partial charge is 0.303 e. The van der Waals surface area contributed by atoms with Gasteiger partial charge in [-0.3, -0.25) is 4.79 Å². The zero-order chi connectivity index (χ0) is 16.2. The number of amides is 1. The van der Waals surface area contributed by atoms with Crippen molar-refractivity contribution in [2.24, 2.45) is 0 Å². The minimum Gasteiger partial charge on any atom is -0.303 e. The van der Waals surface area contributed by atoms with Crippen LogP contribution in [0.3, 0.4) is 0 Å². The Morgan fingerprint density at radius 1 is 0.913 bits per heavy atom. The second kappa shape index (κ2) is 6.80. The van der Waals surface area contributed by atoms with Gasteiger partial charge in [0.15, 0.2) is 0 Å². The molecule has 0 unspecified atom stereocenters. The molecule has 0 saturated carbocycles. The van der Waals surface area contributed by atoms with Crippen molar-refractivity contribution in [2.45, 2.75) is 20.4 Å². The fourth-order valence-corrected chi connectivity index (χ4v) is 3.11. The molecule has 0 radical (unpaired) electrons. The van der Waals surface area contributed by atoms with Gasteiger partial charge in [0.1, 0.15) is 0 Å². The van der Waals surface area contributed by atoms with Crippen LogP contribution in [0.4, 0.5) is 5.69 Å². The summed E-state index contributed by atoms with van der Waals surface area (Å²) in [5.74, 6) is 0.0299. The minimum atomic E-state index is 0.0299. The number of aryl methyl sites for hydroxylation is 2. The highest BCUT2D eigenvalue weighted by Crippen LogP contribution is 2.23. The summed E-state index contributed by atoms with van der Waals surface area (Å²) in [7, 11) is 0. The number of benzene rings is 2. The molecule has 2 aromatic carbocycles. The molecule has 1 heterocycles. The number of anilines is 1. The summed E-state index contributed by atoms with van der Waals surface area (Å²) in [6.45, 7) is 4.67. The third kappa shape index (κ3) is 3.69. The summed E-state index contributed by atoms with van der Waals surface area (Å²) in [6.07, 6.45) is 0. The first kappa shape index (κ1) is 15.5. The topological polar surface area (TPSA) is 20.3 Å². The molecule has 0 fully saturated rings. The third-order valence-electron chi connectivity index (χ3n) is 3.78. The summed E-state index contributed by atoms with van der Waals surface area (Å²) in [5.41, 5.74) is 3.98. The molecule has 0 N–H and O–H groups in total. The second-order valence-electron chi connectivity index (χ2n) is 5.67. The van der Waals surface area contributed by atoms with Crippen molar-refractivity contribution < 1.29 is 4.79 Å². The number of carbonyl (C=O) groups excluding carboxylic acids is 1. The van der Waals surface area contributed by atoms with Crippen LogP contribution in [0.25, 0.3) is 0 Å². The average Bonchev–Trinajstić information content (AvgIpc) is 3.07. The molecular weight excluding hydrogens is 302 g/mol. The summed E-state index contributed by atoms with van der Waals surface area (Å²) in [4.78, 5) is 16.0. The van der Waals surface area contributed by atoms with E-state index in [1.165, 1.54) is 10.4 Å². The van der Waals surface area contributed by atoms with E-state index in [0.29, 0.717) is 12.1 Å². The molecule has 0 atom stereocenters. The molecular formula is C20H19NOS. The normalized spacial score (nSPS) is 10.5. The van der Waals surface area contributed by atoms with Crippen molar-refractivity contribution in [2.75, 3.05) is 4.90 Å². The van der Waals surface area contributed by atoms with Crippen LogP contribution in [0.2, 0.25) is 0 Å². The van der Waals surface area contributed by atoms with E-state index in [-0.39, 0.29) is 5.91 Å². The van der Waals surface area contributed by atoms with E-state index in [1.807, 2.05) is 71.8 Å².